The monoisotopic (exact) mass is 388 g/mol. The number of nitrogens with one attached hydrogen (secondary N) is 2. The van der Waals surface area contributed by atoms with Gasteiger partial charge in [-0.05, 0) is 38.7 Å². The number of rotatable bonds is 8. The van der Waals surface area contributed by atoms with Crippen LogP contribution in [0.1, 0.15) is 44.5 Å². The van der Waals surface area contributed by atoms with E-state index < -0.39 is 0 Å². The fourth-order valence-corrected chi connectivity index (χ4v) is 4.34. The summed E-state index contributed by atoms with van der Waals surface area (Å²) < 4.78 is 2.19. The second-order valence-electron chi connectivity index (χ2n) is 7.11. The van der Waals surface area contributed by atoms with E-state index in [0.29, 0.717) is 6.54 Å². The highest BCUT2D eigenvalue weighted by atomic mass is 32.2. The molecule has 1 amide bonds. The molecule has 3 rings (SSSR count). The zero-order valence-corrected chi connectivity index (χ0v) is 17.1. The maximum atomic E-state index is 12.1. The topological polar surface area (TPSA) is 64.2 Å². The lowest BCUT2D eigenvalue weighted by molar-refractivity contribution is -0.919. The molecule has 0 unspecified atom stereocenters. The highest BCUT2D eigenvalue weighted by Crippen LogP contribution is 2.23. The molecule has 1 atom stereocenters. The molecule has 0 radical (unpaired) electrons. The molecule has 7 heteroatoms. The van der Waals surface area contributed by atoms with Crippen molar-refractivity contribution < 1.29 is 9.69 Å². The Labute approximate surface area is 165 Å². The highest BCUT2D eigenvalue weighted by Gasteiger charge is 2.23. The van der Waals surface area contributed by atoms with Gasteiger partial charge in [-0.2, -0.15) is 0 Å². The molecule has 2 N–H and O–H groups in total. The van der Waals surface area contributed by atoms with Gasteiger partial charge in [0, 0.05) is 6.54 Å². The second kappa shape index (κ2) is 9.90. The summed E-state index contributed by atoms with van der Waals surface area (Å²) in [6, 6.07) is 10.4. The number of amides is 1. The first-order chi connectivity index (χ1) is 13.2. The van der Waals surface area contributed by atoms with Gasteiger partial charge in [-0.25, -0.2) is 0 Å². The van der Waals surface area contributed by atoms with Crippen molar-refractivity contribution >= 4 is 17.7 Å². The van der Waals surface area contributed by atoms with Gasteiger partial charge in [-0.1, -0.05) is 42.1 Å². The Hall–Kier alpha value is -1.86. The number of likely N-dealkylation sites (tertiary alicyclic amines) is 1. The standard InChI is InChI=1S/C20H29N5OS/c1-3-21-19(26)16(2)27-20-23-22-18(15-24-12-8-5-9-13-24)25(20)14-17-10-6-4-7-11-17/h4,6-7,10-11,16H,3,5,8-9,12-15H2,1-2H3,(H,21,26)/p+1/t16-/m1/s1. The van der Waals surface area contributed by atoms with Crippen molar-refractivity contribution in [2.75, 3.05) is 19.6 Å². The van der Waals surface area contributed by atoms with E-state index in [1.54, 1.807) is 4.90 Å². The molecule has 1 saturated heterocycles. The molecule has 2 aromatic rings. The molecule has 2 heterocycles. The third-order valence-electron chi connectivity index (χ3n) is 4.95. The average molecular weight is 389 g/mol. The third-order valence-corrected chi connectivity index (χ3v) is 6.03. The van der Waals surface area contributed by atoms with Crippen LogP contribution >= 0.6 is 11.8 Å². The maximum absolute atomic E-state index is 12.1. The lowest BCUT2D eigenvalue weighted by Gasteiger charge is -2.23. The predicted molar refractivity (Wildman–Crippen MR) is 108 cm³/mol. The van der Waals surface area contributed by atoms with Crippen molar-refractivity contribution in [1.29, 1.82) is 0 Å². The molecule has 1 fully saturated rings. The van der Waals surface area contributed by atoms with Gasteiger partial charge in [0.2, 0.25) is 5.91 Å². The van der Waals surface area contributed by atoms with E-state index in [9.17, 15) is 4.79 Å². The van der Waals surface area contributed by atoms with Crippen molar-refractivity contribution in [2.24, 2.45) is 0 Å². The number of benzene rings is 1. The molecule has 146 valence electrons. The van der Waals surface area contributed by atoms with Crippen molar-refractivity contribution in [3.63, 3.8) is 0 Å². The summed E-state index contributed by atoms with van der Waals surface area (Å²) in [5.41, 5.74) is 1.22. The number of thioether (sulfide) groups is 1. The Morgan fingerprint density at radius 1 is 1.22 bits per heavy atom. The molecular weight excluding hydrogens is 358 g/mol. The number of carbonyl (C=O) groups excluding carboxylic acids is 1. The lowest BCUT2D eigenvalue weighted by atomic mass is 10.1. The van der Waals surface area contributed by atoms with Gasteiger partial charge in [0.15, 0.2) is 11.0 Å². The second-order valence-corrected chi connectivity index (χ2v) is 8.42. The molecule has 0 spiro atoms. The molecule has 1 aromatic carbocycles. The number of carbonyl (C=O) groups is 1. The summed E-state index contributed by atoms with van der Waals surface area (Å²) in [7, 11) is 0. The van der Waals surface area contributed by atoms with Crippen molar-refractivity contribution in [1.82, 2.24) is 20.1 Å². The summed E-state index contributed by atoms with van der Waals surface area (Å²) in [6.07, 6.45) is 3.92. The van der Waals surface area contributed by atoms with Crippen LogP contribution in [0.15, 0.2) is 35.5 Å². The fourth-order valence-electron chi connectivity index (χ4n) is 3.44. The van der Waals surface area contributed by atoms with Crippen molar-refractivity contribution in [2.45, 2.75) is 56.6 Å². The summed E-state index contributed by atoms with van der Waals surface area (Å²) >= 11 is 1.49. The normalized spacial score (nSPS) is 16.2. The molecular formula is C20H30N5OS+. The first kappa shape index (κ1) is 19.9. The van der Waals surface area contributed by atoms with Crippen LogP contribution in [0.4, 0.5) is 0 Å². The van der Waals surface area contributed by atoms with Crippen LogP contribution in [0.5, 0.6) is 0 Å². The summed E-state index contributed by atoms with van der Waals surface area (Å²) in [5.74, 6) is 1.06. The quantitative estimate of drug-likeness (QED) is 0.673. The number of quaternary nitrogens is 1. The number of nitrogens with zero attached hydrogens (tertiary/aromatic N) is 3. The van der Waals surface area contributed by atoms with Crippen LogP contribution in [0.2, 0.25) is 0 Å². The predicted octanol–water partition coefficient (Wildman–Crippen LogP) is 1.51. The van der Waals surface area contributed by atoms with E-state index in [1.807, 2.05) is 19.9 Å². The zero-order chi connectivity index (χ0) is 19.1. The van der Waals surface area contributed by atoms with E-state index in [0.717, 1.165) is 24.1 Å². The van der Waals surface area contributed by atoms with Crippen LogP contribution in [-0.4, -0.2) is 45.6 Å². The number of aromatic nitrogens is 3. The molecule has 1 aliphatic rings. The van der Waals surface area contributed by atoms with Crippen molar-refractivity contribution in [3.05, 3.63) is 41.7 Å². The Morgan fingerprint density at radius 2 is 1.96 bits per heavy atom. The average Bonchev–Trinajstić information content (AvgIpc) is 3.05. The van der Waals surface area contributed by atoms with Crippen LogP contribution in [0, 0.1) is 0 Å². The Bertz CT molecular complexity index is 727. The maximum Gasteiger partial charge on any atom is 0.233 e. The highest BCUT2D eigenvalue weighted by molar-refractivity contribution is 8.00. The van der Waals surface area contributed by atoms with Crippen molar-refractivity contribution in [3.8, 4) is 0 Å². The molecule has 0 bridgehead atoms. The van der Waals surface area contributed by atoms with Gasteiger partial charge in [0.25, 0.3) is 0 Å². The Morgan fingerprint density at radius 3 is 2.67 bits per heavy atom. The van der Waals surface area contributed by atoms with E-state index in [1.165, 1.54) is 49.7 Å². The van der Waals surface area contributed by atoms with Gasteiger partial charge < -0.3 is 10.2 Å². The summed E-state index contributed by atoms with van der Waals surface area (Å²) in [4.78, 5) is 13.7. The SMILES string of the molecule is CCNC(=O)[C@@H](C)Sc1nnc(C[NH+]2CCCCC2)n1Cc1ccccc1. The Balaban J connectivity index is 1.80. The minimum Gasteiger partial charge on any atom is -0.355 e. The molecule has 27 heavy (non-hydrogen) atoms. The molecule has 0 saturated carbocycles. The van der Waals surface area contributed by atoms with Crippen LogP contribution in [0.25, 0.3) is 0 Å². The van der Waals surface area contributed by atoms with Crippen LogP contribution in [0.3, 0.4) is 0 Å². The smallest absolute Gasteiger partial charge is 0.233 e. The molecule has 1 aromatic heterocycles. The largest absolute Gasteiger partial charge is 0.355 e. The third kappa shape index (κ3) is 5.56. The van der Waals surface area contributed by atoms with Gasteiger partial charge in [-0.3, -0.25) is 9.36 Å². The number of hydrogen-bond donors (Lipinski definition) is 2. The minimum absolute atomic E-state index is 0.0416. The van der Waals surface area contributed by atoms with Gasteiger partial charge in [-0.15, -0.1) is 10.2 Å². The number of piperidine rings is 1. The first-order valence-corrected chi connectivity index (χ1v) is 10.8. The summed E-state index contributed by atoms with van der Waals surface area (Å²) in [6.45, 7) is 8.55. The molecule has 1 aliphatic heterocycles. The van der Waals surface area contributed by atoms with E-state index in [-0.39, 0.29) is 11.2 Å². The van der Waals surface area contributed by atoms with E-state index >= 15 is 0 Å². The molecule has 6 nitrogen and oxygen atoms in total. The van der Waals surface area contributed by atoms with Crippen LogP contribution < -0.4 is 10.2 Å². The van der Waals surface area contributed by atoms with Crippen LogP contribution in [-0.2, 0) is 17.9 Å². The fraction of sp³-hybridized carbons (Fsp3) is 0.550. The van der Waals surface area contributed by atoms with Gasteiger partial charge in [0.1, 0.15) is 6.54 Å². The van der Waals surface area contributed by atoms with Gasteiger partial charge >= 0.3 is 0 Å². The molecule has 0 aliphatic carbocycles. The van der Waals surface area contributed by atoms with Gasteiger partial charge in [0.05, 0.1) is 24.9 Å². The zero-order valence-electron chi connectivity index (χ0n) is 16.3. The lowest BCUT2D eigenvalue weighted by Crippen LogP contribution is -3.11. The first-order valence-electron chi connectivity index (χ1n) is 9.91. The van der Waals surface area contributed by atoms with E-state index in [2.05, 4.69) is 44.3 Å². The minimum atomic E-state index is -0.196. The number of hydrogen-bond acceptors (Lipinski definition) is 4. The Kier molecular flexibility index (Phi) is 7.29. The summed E-state index contributed by atoms with van der Waals surface area (Å²) in [5, 5.41) is 12.5. The van der Waals surface area contributed by atoms with E-state index in [4.69, 9.17) is 0 Å².